The molecule has 0 unspecified atom stereocenters. The van der Waals surface area contributed by atoms with Gasteiger partial charge in [0.25, 0.3) is 11.6 Å². The van der Waals surface area contributed by atoms with E-state index in [-0.39, 0.29) is 11.4 Å². The van der Waals surface area contributed by atoms with E-state index in [0.29, 0.717) is 11.1 Å². The lowest BCUT2D eigenvalue weighted by Crippen LogP contribution is -2.30. The molecule has 8 nitrogen and oxygen atoms in total. The Hall–Kier alpha value is -4.27. The lowest BCUT2D eigenvalue weighted by Gasteiger charge is -2.22. The highest BCUT2D eigenvalue weighted by atomic mass is 19.1. The van der Waals surface area contributed by atoms with E-state index in [0.717, 1.165) is 18.2 Å². The van der Waals surface area contributed by atoms with E-state index in [4.69, 9.17) is 0 Å². The Kier molecular flexibility index (Phi) is 6.33. The molecule has 0 spiro atoms. The van der Waals surface area contributed by atoms with Crippen LogP contribution in [0.5, 0.6) is 5.75 Å². The first kappa shape index (κ1) is 20.5. The van der Waals surface area contributed by atoms with Crippen molar-refractivity contribution in [2.45, 2.75) is 6.04 Å². The van der Waals surface area contributed by atoms with Crippen LogP contribution < -0.4 is 15.8 Å². The van der Waals surface area contributed by atoms with Gasteiger partial charge in [0.2, 0.25) is 0 Å². The molecular weight excluding hydrogens is 391 g/mol. The summed E-state index contributed by atoms with van der Waals surface area (Å²) >= 11 is 0. The van der Waals surface area contributed by atoms with Crippen LogP contribution in [-0.2, 0) is 4.79 Å². The van der Waals surface area contributed by atoms with Gasteiger partial charge in [0.05, 0.1) is 11.1 Å². The Morgan fingerprint density at radius 2 is 1.77 bits per heavy atom. The minimum atomic E-state index is -1.04. The predicted molar refractivity (Wildman–Crippen MR) is 107 cm³/mol. The fourth-order valence-corrected chi connectivity index (χ4v) is 2.63. The molecule has 0 aromatic heterocycles. The number of hydrazone groups is 1. The van der Waals surface area contributed by atoms with Crippen LogP contribution in [0.25, 0.3) is 0 Å². The summed E-state index contributed by atoms with van der Waals surface area (Å²) in [6.45, 7) is 0. The number of amides is 1. The average Bonchev–Trinajstić information content (AvgIpc) is 2.75. The highest BCUT2D eigenvalue weighted by molar-refractivity contribution is 5.88. The largest absolute Gasteiger partial charge is 0.871 e. The summed E-state index contributed by atoms with van der Waals surface area (Å²) in [5.74, 6) is -1.48. The lowest BCUT2D eigenvalue weighted by atomic mass is 10.1. The molecule has 0 aliphatic rings. The summed E-state index contributed by atoms with van der Waals surface area (Å²) in [6, 6.07) is 16.2. The second-order valence-electron chi connectivity index (χ2n) is 6.21. The van der Waals surface area contributed by atoms with Gasteiger partial charge in [0.1, 0.15) is 11.9 Å². The molecule has 0 heterocycles. The number of nitro benzene ring substituents is 1. The number of nitrogens with zero attached hydrogens (tertiary/aromatic N) is 2. The Balaban J connectivity index is 1.82. The van der Waals surface area contributed by atoms with Crippen molar-refractivity contribution in [1.82, 2.24) is 5.43 Å². The van der Waals surface area contributed by atoms with Gasteiger partial charge in [-0.3, -0.25) is 14.9 Å². The number of hydrogen-bond acceptors (Lipinski definition) is 6. The van der Waals surface area contributed by atoms with Crippen molar-refractivity contribution in [3.8, 4) is 5.75 Å². The second-order valence-corrected chi connectivity index (χ2v) is 6.21. The van der Waals surface area contributed by atoms with Crippen LogP contribution in [0, 0.1) is 15.9 Å². The number of halogens is 1. The number of hydrogen-bond donors (Lipinski definition) is 2. The minimum absolute atomic E-state index is 0.0873. The van der Waals surface area contributed by atoms with Gasteiger partial charge < -0.3 is 10.4 Å². The van der Waals surface area contributed by atoms with Crippen molar-refractivity contribution in [2.24, 2.45) is 5.10 Å². The third kappa shape index (κ3) is 5.16. The second kappa shape index (κ2) is 9.28. The number of non-ortho nitro benzene ring substituents is 1. The zero-order valence-electron chi connectivity index (χ0n) is 15.5. The maximum atomic E-state index is 13.0. The number of rotatable bonds is 7. The first-order chi connectivity index (χ1) is 14.4. The van der Waals surface area contributed by atoms with E-state index in [2.05, 4.69) is 15.8 Å². The minimum Gasteiger partial charge on any atom is -0.871 e. The molecule has 3 aromatic rings. The first-order valence-electron chi connectivity index (χ1n) is 8.79. The summed E-state index contributed by atoms with van der Waals surface area (Å²) < 4.78 is 13.0. The van der Waals surface area contributed by atoms with E-state index in [1.165, 1.54) is 30.5 Å². The molecule has 0 saturated heterocycles. The van der Waals surface area contributed by atoms with Crippen molar-refractivity contribution < 1.29 is 19.2 Å². The Bertz CT molecular complexity index is 1070. The monoisotopic (exact) mass is 407 g/mol. The molecule has 30 heavy (non-hydrogen) atoms. The molecule has 0 saturated carbocycles. The normalized spacial score (nSPS) is 11.8. The number of nitrogens with one attached hydrogen (secondary N) is 2. The van der Waals surface area contributed by atoms with Crippen LogP contribution in [0.2, 0.25) is 0 Å². The molecule has 2 N–H and O–H groups in total. The van der Waals surface area contributed by atoms with E-state index < -0.39 is 28.4 Å². The number of benzene rings is 3. The van der Waals surface area contributed by atoms with Gasteiger partial charge in [0.15, 0.2) is 0 Å². The molecule has 0 aliphatic carbocycles. The Morgan fingerprint density at radius 1 is 1.07 bits per heavy atom. The predicted octanol–water partition coefficient (Wildman–Crippen LogP) is 3.11. The molecular formula is C21H16FN4O4-. The molecule has 0 bridgehead atoms. The molecule has 1 amide bonds. The molecule has 0 radical (unpaired) electrons. The summed E-state index contributed by atoms with van der Waals surface area (Å²) in [5.41, 5.74) is 3.09. The zero-order valence-corrected chi connectivity index (χ0v) is 15.5. The molecule has 0 aliphatic heterocycles. The summed E-state index contributed by atoms with van der Waals surface area (Å²) in [5, 5.41) is 29.8. The maximum Gasteiger partial charge on any atom is 0.271 e. The van der Waals surface area contributed by atoms with Crippen LogP contribution in [-0.4, -0.2) is 17.0 Å². The van der Waals surface area contributed by atoms with Gasteiger partial charge in [-0.25, -0.2) is 9.82 Å². The quantitative estimate of drug-likeness (QED) is 0.354. The summed E-state index contributed by atoms with van der Waals surface area (Å²) in [7, 11) is 0. The van der Waals surface area contributed by atoms with E-state index in [1.807, 2.05) is 0 Å². The van der Waals surface area contributed by atoms with Crippen molar-refractivity contribution >= 4 is 23.5 Å². The smallest absolute Gasteiger partial charge is 0.271 e. The van der Waals surface area contributed by atoms with Crippen LogP contribution in [0.1, 0.15) is 17.2 Å². The van der Waals surface area contributed by atoms with Crippen LogP contribution in [0.4, 0.5) is 15.8 Å². The van der Waals surface area contributed by atoms with Gasteiger partial charge in [-0.2, -0.15) is 5.10 Å². The average molecular weight is 407 g/mol. The number of anilines is 1. The van der Waals surface area contributed by atoms with Crippen molar-refractivity contribution in [3.05, 3.63) is 99.9 Å². The zero-order chi connectivity index (χ0) is 21.5. The van der Waals surface area contributed by atoms with Gasteiger partial charge in [-0.05, 0) is 23.3 Å². The fraction of sp³-hybridized carbons (Fsp3) is 0.0476. The van der Waals surface area contributed by atoms with Crippen LogP contribution >= 0.6 is 0 Å². The highest BCUT2D eigenvalue weighted by Crippen LogP contribution is 2.29. The van der Waals surface area contributed by atoms with Gasteiger partial charge in [-0.15, -0.1) is 0 Å². The Morgan fingerprint density at radius 3 is 2.43 bits per heavy atom. The fourth-order valence-electron chi connectivity index (χ4n) is 2.63. The maximum absolute atomic E-state index is 13.0. The van der Waals surface area contributed by atoms with E-state index in [1.54, 1.807) is 30.3 Å². The van der Waals surface area contributed by atoms with Crippen molar-refractivity contribution in [1.29, 1.82) is 0 Å². The van der Waals surface area contributed by atoms with Gasteiger partial charge >= 0.3 is 0 Å². The van der Waals surface area contributed by atoms with Gasteiger partial charge in [-0.1, -0.05) is 54.3 Å². The third-order valence-corrected chi connectivity index (χ3v) is 4.13. The van der Waals surface area contributed by atoms with Crippen LogP contribution in [0.3, 0.4) is 0 Å². The Labute approximate surface area is 170 Å². The molecule has 152 valence electrons. The van der Waals surface area contributed by atoms with Gasteiger partial charge in [0, 0.05) is 17.8 Å². The van der Waals surface area contributed by atoms with E-state index in [9.17, 15) is 24.4 Å². The van der Waals surface area contributed by atoms with Crippen molar-refractivity contribution in [2.75, 3.05) is 5.32 Å². The molecule has 1 atom stereocenters. The lowest BCUT2D eigenvalue weighted by molar-refractivity contribution is -0.385. The molecule has 0 fully saturated rings. The van der Waals surface area contributed by atoms with Crippen molar-refractivity contribution in [3.63, 3.8) is 0 Å². The molecule has 3 aromatic carbocycles. The standard InChI is InChI=1S/C21H17FN4O4/c22-16-8-6-14(7-9-16)13-23-25-21(28)20(15-4-2-1-3-5-15)24-18-12-17(26(29)30)10-11-19(18)27/h1-13,20,24,27H,(H,25,28)/p-1/b23-13-/t20-/m0/s1. The highest BCUT2D eigenvalue weighted by Gasteiger charge is 2.21. The number of carbonyl (C=O) groups excluding carboxylic acids is 1. The first-order valence-corrected chi connectivity index (χ1v) is 8.79. The SMILES string of the molecule is O=C(N/N=C\c1ccc(F)cc1)[C@@H](Nc1cc([N+](=O)[O-])ccc1[O-])c1ccccc1. The summed E-state index contributed by atoms with van der Waals surface area (Å²) in [4.78, 5) is 23.1. The van der Waals surface area contributed by atoms with E-state index >= 15 is 0 Å². The third-order valence-electron chi connectivity index (χ3n) is 4.13. The summed E-state index contributed by atoms with van der Waals surface area (Å²) in [6.07, 6.45) is 1.34. The molecule has 3 rings (SSSR count). The topological polar surface area (TPSA) is 120 Å². The van der Waals surface area contributed by atoms with Crippen LogP contribution in [0.15, 0.2) is 77.9 Å². The molecule has 9 heteroatoms. The number of carbonyl (C=O) groups is 1. The number of nitro groups is 1.